The van der Waals surface area contributed by atoms with Crippen LogP contribution in [0.4, 0.5) is 0 Å². The van der Waals surface area contributed by atoms with E-state index >= 15 is 0 Å². The van der Waals surface area contributed by atoms with Gasteiger partial charge in [0.1, 0.15) is 13.2 Å². The normalized spacial score (nSPS) is 12.5. The average molecular weight is 895 g/mol. The fourth-order valence-corrected chi connectivity index (χ4v) is 7.67. The first-order valence-electron chi connectivity index (χ1n) is 27.3. The van der Waals surface area contributed by atoms with Gasteiger partial charge in [0.15, 0.2) is 6.10 Å². The third-order valence-electron chi connectivity index (χ3n) is 11.7. The number of rotatable bonds is 49. The Morgan fingerprint density at radius 3 is 1.03 bits per heavy atom. The Morgan fingerprint density at radius 2 is 0.641 bits per heavy atom. The molecule has 0 heterocycles. The van der Waals surface area contributed by atoms with Gasteiger partial charge in [0.25, 0.3) is 0 Å². The quantitative estimate of drug-likeness (QED) is 0.0262. The molecule has 1 unspecified atom stereocenters. The summed E-state index contributed by atoms with van der Waals surface area (Å²) in [5.41, 5.74) is 0. The second-order valence-electron chi connectivity index (χ2n) is 18.1. The highest BCUT2D eigenvalue weighted by molar-refractivity contribution is 5.71. The molecule has 0 aromatic rings. The van der Waals surface area contributed by atoms with E-state index in [0.29, 0.717) is 19.3 Å². The molecule has 0 rings (SSSR count). The van der Waals surface area contributed by atoms with Crippen LogP contribution in [0.25, 0.3) is 0 Å². The van der Waals surface area contributed by atoms with Gasteiger partial charge in [-0.2, -0.15) is 0 Å². The van der Waals surface area contributed by atoms with Crippen molar-refractivity contribution in [3.05, 3.63) is 60.8 Å². The molecule has 0 saturated heterocycles. The van der Waals surface area contributed by atoms with Crippen LogP contribution < -0.4 is 0 Å². The zero-order valence-electron chi connectivity index (χ0n) is 42.3. The van der Waals surface area contributed by atoms with Crippen LogP contribution in [0.15, 0.2) is 60.8 Å². The largest absolute Gasteiger partial charge is 0.462 e. The predicted octanol–water partition coefficient (Wildman–Crippen LogP) is 18.0. The molecule has 6 heteroatoms. The van der Waals surface area contributed by atoms with Crippen molar-refractivity contribution in [1.82, 2.24) is 0 Å². The van der Waals surface area contributed by atoms with Crippen molar-refractivity contribution in [1.29, 1.82) is 0 Å². The number of allylic oxidation sites excluding steroid dienone is 10. The predicted molar refractivity (Wildman–Crippen MR) is 275 cm³/mol. The maximum absolute atomic E-state index is 12.7. The van der Waals surface area contributed by atoms with E-state index < -0.39 is 6.10 Å². The van der Waals surface area contributed by atoms with E-state index in [-0.39, 0.29) is 31.1 Å². The zero-order valence-corrected chi connectivity index (χ0v) is 42.3. The molecule has 0 spiro atoms. The van der Waals surface area contributed by atoms with Crippen molar-refractivity contribution >= 4 is 17.9 Å². The topological polar surface area (TPSA) is 78.9 Å². The molecular weight excluding hydrogens is 793 g/mol. The van der Waals surface area contributed by atoms with Gasteiger partial charge < -0.3 is 14.2 Å². The number of esters is 3. The summed E-state index contributed by atoms with van der Waals surface area (Å²) in [7, 11) is 0. The monoisotopic (exact) mass is 895 g/mol. The molecule has 0 bridgehead atoms. The summed E-state index contributed by atoms with van der Waals surface area (Å²) in [6.07, 6.45) is 65.4. The van der Waals surface area contributed by atoms with Crippen LogP contribution in [0.5, 0.6) is 0 Å². The Kier molecular flexibility index (Phi) is 50.4. The van der Waals surface area contributed by atoms with Crippen molar-refractivity contribution in [2.75, 3.05) is 13.2 Å². The Morgan fingerprint density at radius 1 is 0.328 bits per heavy atom. The Bertz CT molecular complexity index is 1170. The van der Waals surface area contributed by atoms with Crippen molar-refractivity contribution in [2.24, 2.45) is 0 Å². The van der Waals surface area contributed by atoms with E-state index in [4.69, 9.17) is 14.2 Å². The molecule has 1 atom stereocenters. The fourth-order valence-electron chi connectivity index (χ4n) is 7.67. The first kappa shape index (κ1) is 61.1. The standard InChI is InChI=1S/C58H102O6/c1-4-7-10-13-16-18-20-21-22-23-24-25-26-27-28-29-30-31-32-33-34-35-36-37-38-40-42-45-48-51-57(60)63-54-55(53-62-56(59)50-47-44-41-15-12-9-6-3)64-58(61)52-49-46-43-39-19-17-14-11-8-5-2/h7,10-11,14,16,18,21-22,24-25,55H,4-6,8-9,12-13,15,17,19-20,23,26-54H2,1-3H3/b10-7-,14-11-,18-16-,22-21-,25-24-. The van der Waals surface area contributed by atoms with Gasteiger partial charge in [0, 0.05) is 19.3 Å². The SMILES string of the molecule is CC/C=C\C/C=C\C/C=C\C/C=C\CCCCCCCCCCCCCCCCCCC(=O)OCC(COC(=O)CCCCCCCCC)OC(=O)CCCCCCC/C=C\CCC. The number of carbonyl (C=O) groups is 3. The van der Waals surface area contributed by atoms with Crippen LogP contribution in [-0.2, 0) is 28.6 Å². The maximum Gasteiger partial charge on any atom is 0.306 e. The molecule has 64 heavy (non-hydrogen) atoms. The lowest BCUT2D eigenvalue weighted by molar-refractivity contribution is -0.167. The third-order valence-corrected chi connectivity index (χ3v) is 11.7. The van der Waals surface area contributed by atoms with Gasteiger partial charge in [-0.25, -0.2) is 0 Å². The molecule has 0 aliphatic rings. The van der Waals surface area contributed by atoms with Crippen LogP contribution in [0.2, 0.25) is 0 Å². The van der Waals surface area contributed by atoms with Crippen LogP contribution >= 0.6 is 0 Å². The third kappa shape index (κ3) is 50.1. The van der Waals surface area contributed by atoms with Crippen LogP contribution in [-0.4, -0.2) is 37.2 Å². The lowest BCUT2D eigenvalue weighted by Gasteiger charge is -2.18. The summed E-state index contributed by atoms with van der Waals surface area (Å²) < 4.78 is 16.7. The molecule has 0 amide bonds. The highest BCUT2D eigenvalue weighted by Gasteiger charge is 2.19. The van der Waals surface area contributed by atoms with E-state index in [1.807, 2.05) is 0 Å². The summed E-state index contributed by atoms with van der Waals surface area (Å²) in [4.78, 5) is 37.7. The minimum Gasteiger partial charge on any atom is -0.462 e. The average Bonchev–Trinajstić information content (AvgIpc) is 3.29. The van der Waals surface area contributed by atoms with Crippen molar-refractivity contribution in [3.63, 3.8) is 0 Å². The van der Waals surface area contributed by atoms with Crippen LogP contribution in [0.1, 0.15) is 271 Å². The molecule has 0 radical (unpaired) electrons. The van der Waals surface area contributed by atoms with Gasteiger partial charge in [-0.3, -0.25) is 14.4 Å². The van der Waals surface area contributed by atoms with E-state index in [9.17, 15) is 14.4 Å². The molecule has 370 valence electrons. The number of ether oxygens (including phenoxy) is 3. The van der Waals surface area contributed by atoms with Gasteiger partial charge >= 0.3 is 17.9 Å². The van der Waals surface area contributed by atoms with Crippen molar-refractivity contribution < 1.29 is 28.6 Å². The lowest BCUT2D eigenvalue weighted by atomic mass is 10.0. The summed E-state index contributed by atoms with van der Waals surface area (Å²) in [6.45, 7) is 6.42. The Hall–Kier alpha value is -2.89. The van der Waals surface area contributed by atoms with Crippen LogP contribution in [0.3, 0.4) is 0 Å². The van der Waals surface area contributed by atoms with Gasteiger partial charge in [-0.05, 0) is 77.0 Å². The number of hydrogen-bond donors (Lipinski definition) is 0. The number of carbonyl (C=O) groups excluding carboxylic acids is 3. The van der Waals surface area contributed by atoms with E-state index in [2.05, 4.69) is 81.5 Å². The highest BCUT2D eigenvalue weighted by atomic mass is 16.6. The number of hydrogen-bond acceptors (Lipinski definition) is 6. The molecule has 0 aliphatic heterocycles. The second-order valence-corrected chi connectivity index (χ2v) is 18.1. The Labute approximate surface area is 396 Å². The minimum atomic E-state index is -0.771. The molecule has 0 aromatic heterocycles. The lowest BCUT2D eigenvalue weighted by Crippen LogP contribution is -2.30. The summed E-state index contributed by atoms with van der Waals surface area (Å²) >= 11 is 0. The summed E-state index contributed by atoms with van der Waals surface area (Å²) in [5, 5.41) is 0. The second kappa shape index (κ2) is 52.7. The molecule has 0 saturated carbocycles. The van der Waals surface area contributed by atoms with Gasteiger partial charge in [-0.1, -0.05) is 236 Å². The van der Waals surface area contributed by atoms with Gasteiger partial charge in [-0.15, -0.1) is 0 Å². The van der Waals surface area contributed by atoms with Crippen molar-refractivity contribution in [2.45, 2.75) is 277 Å². The minimum absolute atomic E-state index is 0.0748. The molecule has 0 aromatic carbocycles. The smallest absolute Gasteiger partial charge is 0.306 e. The molecule has 0 N–H and O–H groups in total. The number of unbranched alkanes of at least 4 members (excludes halogenated alkanes) is 28. The van der Waals surface area contributed by atoms with Crippen LogP contribution in [0, 0.1) is 0 Å². The fraction of sp³-hybridized carbons (Fsp3) is 0.776. The van der Waals surface area contributed by atoms with E-state index in [1.54, 1.807) is 0 Å². The molecule has 0 fully saturated rings. The van der Waals surface area contributed by atoms with Gasteiger partial charge in [0.05, 0.1) is 0 Å². The molecule has 6 nitrogen and oxygen atoms in total. The first-order chi connectivity index (χ1) is 31.5. The zero-order chi connectivity index (χ0) is 46.5. The van der Waals surface area contributed by atoms with Gasteiger partial charge in [0.2, 0.25) is 0 Å². The summed E-state index contributed by atoms with van der Waals surface area (Å²) in [6, 6.07) is 0. The first-order valence-corrected chi connectivity index (χ1v) is 27.3. The van der Waals surface area contributed by atoms with E-state index in [1.165, 1.54) is 128 Å². The Balaban J connectivity index is 3.99. The molecular formula is C58H102O6. The van der Waals surface area contributed by atoms with E-state index in [0.717, 1.165) is 103 Å². The summed E-state index contributed by atoms with van der Waals surface area (Å²) in [5.74, 6) is -0.887. The molecule has 0 aliphatic carbocycles. The maximum atomic E-state index is 12.7. The highest BCUT2D eigenvalue weighted by Crippen LogP contribution is 2.16. The van der Waals surface area contributed by atoms with Crippen molar-refractivity contribution in [3.8, 4) is 0 Å².